The minimum absolute atomic E-state index is 0.0907. The second kappa shape index (κ2) is 7.32. The summed E-state index contributed by atoms with van der Waals surface area (Å²) in [5.41, 5.74) is 3.30. The molecule has 6 heteroatoms. The van der Waals surface area contributed by atoms with Crippen LogP contribution in [0.15, 0.2) is 95.9 Å². The van der Waals surface area contributed by atoms with E-state index in [1.807, 2.05) is 61.5 Å². The summed E-state index contributed by atoms with van der Waals surface area (Å²) in [4.78, 5) is 0.0907. The van der Waals surface area contributed by atoms with Crippen molar-refractivity contribution < 1.29 is 12.6 Å². The van der Waals surface area contributed by atoms with E-state index in [0.717, 1.165) is 11.1 Å². The van der Waals surface area contributed by atoms with Gasteiger partial charge in [0.1, 0.15) is 4.90 Å². The Morgan fingerprint density at radius 2 is 1.43 bits per heavy atom. The van der Waals surface area contributed by atoms with E-state index in [0.29, 0.717) is 11.4 Å². The predicted molar refractivity (Wildman–Crippen MR) is 108 cm³/mol. The number of rotatable bonds is 5. The molecular formula is C22H18N2O3S. The molecule has 0 amide bonds. The standard InChI is InChI=1S/C22H18N2O3S/c1-17-12-14-19(15-13-17)24-22(16-21(23-24)18-8-4-2-5-9-18)27-28(25,26)20-10-6-3-7-11-20/h2-16H,1H3. The van der Waals surface area contributed by atoms with Crippen molar-refractivity contribution in [2.75, 3.05) is 0 Å². The Labute approximate surface area is 164 Å². The van der Waals surface area contributed by atoms with Gasteiger partial charge in [-0.05, 0) is 31.2 Å². The summed E-state index contributed by atoms with van der Waals surface area (Å²) in [5, 5.41) is 4.59. The highest BCUT2D eigenvalue weighted by Crippen LogP contribution is 2.28. The number of aromatic nitrogens is 2. The van der Waals surface area contributed by atoms with Crippen molar-refractivity contribution in [3.8, 4) is 22.8 Å². The molecule has 0 unspecified atom stereocenters. The van der Waals surface area contributed by atoms with Gasteiger partial charge in [0.05, 0.1) is 11.4 Å². The molecule has 140 valence electrons. The van der Waals surface area contributed by atoms with Gasteiger partial charge in [0.25, 0.3) is 0 Å². The van der Waals surface area contributed by atoms with E-state index in [-0.39, 0.29) is 10.8 Å². The van der Waals surface area contributed by atoms with Gasteiger partial charge in [0.15, 0.2) is 0 Å². The van der Waals surface area contributed by atoms with Crippen LogP contribution >= 0.6 is 0 Å². The third kappa shape index (κ3) is 3.68. The van der Waals surface area contributed by atoms with Crippen molar-refractivity contribution in [3.05, 3.63) is 96.6 Å². The molecule has 4 rings (SSSR count). The zero-order valence-corrected chi connectivity index (χ0v) is 16.0. The molecule has 0 atom stereocenters. The second-order valence-corrected chi connectivity index (χ2v) is 7.88. The van der Waals surface area contributed by atoms with E-state index in [1.165, 1.54) is 16.8 Å². The van der Waals surface area contributed by atoms with E-state index in [9.17, 15) is 8.42 Å². The first-order chi connectivity index (χ1) is 13.5. The van der Waals surface area contributed by atoms with E-state index < -0.39 is 10.1 Å². The monoisotopic (exact) mass is 390 g/mol. The minimum atomic E-state index is -3.98. The fourth-order valence-corrected chi connectivity index (χ4v) is 3.72. The maximum absolute atomic E-state index is 12.7. The highest BCUT2D eigenvalue weighted by Gasteiger charge is 2.21. The van der Waals surface area contributed by atoms with Gasteiger partial charge in [-0.15, -0.1) is 0 Å². The molecule has 0 aliphatic rings. The van der Waals surface area contributed by atoms with Gasteiger partial charge >= 0.3 is 10.1 Å². The van der Waals surface area contributed by atoms with Gasteiger partial charge in [-0.1, -0.05) is 66.2 Å². The van der Waals surface area contributed by atoms with E-state index in [2.05, 4.69) is 5.10 Å². The van der Waals surface area contributed by atoms with Crippen LogP contribution in [0.1, 0.15) is 5.56 Å². The first kappa shape index (κ1) is 18.0. The maximum Gasteiger partial charge on any atom is 0.340 e. The number of hydrogen-bond acceptors (Lipinski definition) is 4. The van der Waals surface area contributed by atoms with Crippen LogP contribution in [0.4, 0.5) is 0 Å². The normalized spacial score (nSPS) is 11.3. The molecule has 0 N–H and O–H groups in total. The number of hydrogen-bond donors (Lipinski definition) is 0. The summed E-state index contributed by atoms with van der Waals surface area (Å²) < 4.78 is 32.4. The van der Waals surface area contributed by atoms with Crippen LogP contribution < -0.4 is 4.18 Å². The molecule has 0 fully saturated rings. The average molecular weight is 390 g/mol. The molecule has 0 radical (unpaired) electrons. The summed E-state index contributed by atoms with van der Waals surface area (Å²) >= 11 is 0. The smallest absolute Gasteiger partial charge is 0.340 e. The Balaban J connectivity index is 1.81. The van der Waals surface area contributed by atoms with Crippen molar-refractivity contribution in [3.63, 3.8) is 0 Å². The molecule has 3 aromatic carbocycles. The summed E-state index contributed by atoms with van der Waals surface area (Å²) in [6, 6.07) is 26.9. The van der Waals surface area contributed by atoms with Crippen molar-refractivity contribution in [1.82, 2.24) is 9.78 Å². The van der Waals surface area contributed by atoms with Crippen molar-refractivity contribution in [2.45, 2.75) is 11.8 Å². The summed E-state index contributed by atoms with van der Waals surface area (Å²) in [6.45, 7) is 1.99. The van der Waals surface area contributed by atoms with Crippen LogP contribution in [0.2, 0.25) is 0 Å². The lowest BCUT2D eigenvalue weighted by atomic mass is 10.2. The predicted octanol–water partition coefficient (Wildman–Crippen LogP) is 4.62. The number of aryl methyl sites for hydroxylation is 1. The van der Waals surface area contributed by atoms with Crippen LogP contribution in [-0.2, 0) is 10.1 Å². The molecule has 0 aliphatic heterocycles. The average Bonchev–Trinajstić information content (AvgIpc) is 3.13. The van der Waals surface area contributed by atoms with Crippen LogP contribution in [0.5, 0.6) is 5.88 Å². The van der Waals surface area contributed by atoms with Gasteiger partial charge in [0, 0.05) is 11.6 Å². The Bertz CT molecular complexity index is 1180. The summed E-state index contributed by atoms with van der Waals surface area (Å²) in [5.74, 6) is 0.131. The molecule has 1 aromatic heterocycles. The van der Waals surface area contributed by atoms with Crippen LogP contribution in [0, 0.1) is 6.92 Å². The SMILES string of the molecule is Cc1ccc(-n2nc(-c3ccccc3)cc2OS(=O)(=O)c2ccccc2)cc1. The first-order valence-corrected chi connectivity index (χ1v) is 10.2. The molecule has 5 nitrogen and oxygen atoms in total. The molecule has 0 aliphatic carbocycles. The van der Waals surface area contributed by atoms with Crippen LogP contribution in [-0.4, -0.2) is 18.2 Å². The highest BCUT2D eigenvalue weighted by molar-refractivity contribution is 7.87. The lowest BCUT2D eigenvalue weighted by Gasteiger charge is -2.09. The number of benzene rings is 3. The fraction of sp³-hybridized carbons (Fsp3) is 0.0455. The van der Waals surface area contributed by atoms with E-state index in [4.69, 9.17) is 4.18 Å². The van der Waals surface area contributed by atoms with Gasteiger partial charge in [-0.25, -0.2) is 0 Å². The zero-order chi connectivity index (χ0) is 19.6. The Hall–Kier alpha value is -3.38. The minimum Gasteiger partial charge on any atom is -0.358 e. The molecule has 1 heterocycles. The van der Waals surface area contributed by atoms with E-state index >= 15 is 0 Å². The second-order valence-electron chi connectivity index (χ2n) is 6.33. The molecule has 4 aromatic rings. The zero-order valence-electron chi connectivity index (χ0n) is 15.2. The van der Waals surface area contributed by atoms with Crippen molar-refractivity contribution in [1.29, 1.82) is 0 Å². The lowest BCUT2D eigenvalue weighted by Crippen LogP contribution is -2.12. The Morgan fingerprint density at radius 3 is 2.07 bits per heavy atom. The lowest BCUT2D eigenvalue weighted by molar-refractivity contribution is 0.465. The maximum atomic E-state index is 12.7. The van der Waals surface area contributed by atoms with E-state index in [1.54, 1.807) is 24.3 Å². The Kier molecular flexibility index (Phi) is 4.71. The fourth-order valence-electron chi connectivity index (χ4n) is 2.79. The molecule has 0 saturated carbocycles. The topological polar surface area (TPSA) is 61.2 Å². The van der Waals surface area contributed by atoms with Gasteiger partial charge in [-0.3, -0.25) is 0 Å². The molecule has 0 saturated heterocycles. The first-order valence-electron chi connectivity index (χ1n) is 8.75. The van der Waals surface area contributed by atoms with Crippen LogP contribution in [0.25, 0.3) is 16.9 Å². The van der Waals surface area contributed by atoms with Gasteiger partial charge < -0.3 is 4.18 Å². The molecular weight excluding hydrogens is 372 g/mol. The van der Waals surface area contributed by atoms with Crippen LogP contribution in [0.3, 0.4) is 0 Å². The Morgan fingerprint density at radius 1 is 0.821 bits per heavy atom. The highest BCUT2D eigenvalue weighted by atomic mass is 32.2. The largest absolute Gasteiger partial charge is 0.358 e. The summed E-state index contributed by atoms with van der Waals surface area (Å²) in [6.07, 6.45) is 0. The quantitative estimate of drug-likeness (QED) is 0.467. The summed E-state index contributed by atoms with van der Waals surface area (Å²) in [7, 11) is -3.98. The van der Waals surface area contributed by atoms with Gasteiger partial charge in [-0.2, -0.15) is 18.2 Å². The van der Waals surface area contributed by atoms with Gasteiger partial charge in [0.2, 0.25) is 5.88 Å². The third-order valence-corrected chi connectivity index (χ3v) is 5.49. The molecule has 0 bridgehead atoms. The van der Waals surface area contributed by atoms with Crippen molar-refractivity contribution >= 4 is 10.1 Å². The third-order valence-electron chi connectivity index (χ3n) is 4.25. The molecule has 28 heavy (non-hydrogen) atoms. The van der Waals surface area contributed by atoms with Crippen molar-refractivity contribution in [2.24, 2.45) is 0 Å². The molecule has 0 spiro atoms. The number of nitrogens with zero attached hydrogens (tertiary/aromatic N) is 2.